The van der Waals surface area contributed by atoms with Crippen LogP contribution in [-0.2, 0) is 0 Å². The number of nitrogens with one attached hydrogen (secondary N) is 1. The van der Waals surface area contributed by atoms with Crippen molar-refractivity contribution in [2.75, 3.05) is 12.4 Å². The van der Waals surface area contributed by atoms with Crippen molar-refractivity contribution in [2.45, 2.75) is 25.8 Å². The molecule has 2 aromatic heterocycles. The Morgan fingerprint density at radius 2 is 2.19 bits per heavy atom. The van der Waals surface area contributed by atoms with E-state index in [-0.39, 0.29) is 0 Å². The minimum Gasteiger partial charge on any atom is -0.378 e. The molecule has 0 atom stereocenters. The predicted molar refractivity (Wildman–Crippen MR) is 88.4 cm³/mol. The molecule has 108 valence electrons. The molecular weight excluding hydrogens is 304 g/mol. The molecule has 21 heavy (non-hydrogen) atoms. The van der Waals surface area contributed by atoms with E-state index < -0.39 is 0 Å². The molecule has 4 nitrogen and oxygen atoms in total. The Kier molecular flexibility index (Phi) is 2.94. The van der Waals surface area contributed by atoms with E-state index in [0.29, 0.717) is 6.04 Å². The van der Waals surface area contributed by atoms with Gasteiger partial charge in [-0.15, -0.1) is 0 Å². The molecule has 0 unspecified atom stereocenters. The van der Waals surface area contributed by atoms with E-state index in [9.17, 15) is 0 Å². The Bertz CT molecular complexity index is 832. The van der Waals surface area contributed by atoms with Crippen molar-refractivity contribution in [3.63, 3.8) is 0 Å². The molecule has 0 saturated heterocycles. The summed E-state index contributed by atoms with van der Waals surface area (Å²) in [5.41, 5.74) is 4.11. The van der Waals surface area contributed by atoms with Crippen LogP contribution in [0.1, 0.15) is 24.6 Å². The van der Waals surface area contributed by atoms with Gasteiger partial charge in [0.25, 0.3) is 0 Å². The van der Waals surface area contributed by atoms with Crippen molar-refractivity contribution in [1.29, 1.82) is 0 Å². The van der Waals surface area contributed by atoms with Crippen LogP contribution in [0.15, 0.2) is 18.2 Å². The lowest BCUT2D eigenvalue weighted by Crippen LogP contribution is -2.00. The topological polar surface area (TPSA) is 42.7 Å². The van der Waals surface area contributed by atoms with Gasteiger partial charge in [-0.1, -0.05) is 17.7 Å². The molecule has 1 saturated carbocycles. The third-order valence-corrected chi connectivity index (χ3v) is 5.15. The first kappa shape index (κ1) is 13.1. The number of benzene rings is 1. The average Bonchev–Trinajstić information content (AvgIpc) is 3.13. The third kappa shape index (κ3) is 1.95. The van der Waals surface area contributed by atoms with Crippen molar-refractivity contribution < 1.29 is 0 Å². The lowest BCUT2D eigenvalue weighted by atomic mass is 10.2. The second kappa shape index (κ2) is 4.71. The van der Waals surface area contributed by atoms with E-state index in [1.54, 1.807) is 0 Å². The highest BCUT2D eigenvalue weighted by Gasteiger charge is 2.31. The second-order valence-corrected chi connectivity index (χ2v) is 6.55. The number of aromatic nitrogens is 3. The number of hydrogen-bond donors (Lipinski definition) is 1. The van der Waals surface area contributed by atoms with Crippen molar-refractivity contribution in [2.24, 2.45) is 0 Å². The molecule has 1 aliphatic rings. The average molecular weight is 319 g/mol. The Balaban J connectivity index is 2.07. The summed E-state index contributed by atoms with van der Waals surface area (Å²) in [5, 5.41) is 5.05. The van der Waals surface area contributed by atoms with Crippen LogP contribution in [0.2, 0.25) is 5.02 Å². The van der Waals surface area contributed by atoms with E-state index in [0.717, 1.165) is 38.1 Å². The van der Waals surface area contributed by atoms with Crippen molar-refractivity contribution in [3.8, 4) is 11.4 Å². The number of imidazole rings is 1. The van der Waals surface area contributed by atoms with E-state index in [4.69, 9.17) is 16.6 Å². The fraction of sp³-hybridized carbons (Fsp3) is 0.333. The summed E-state index contributed by atoms with van der Waals surface area (Å²) in [7, 11) is 1.92. The van der Waals surface area contributed by atoms with Crippen molar-refractivity contribution >= 4 is 39.2 Å². The molecule has 4 rings (SSSR count). The molecule has 6 heteroatoms. The van der Waals surface area contributed by atoms with Gasteiger partial charge in [-0.05, 0) is 43.4 Å². The number of aryl methyl sites for hydroxylation is 1. The lowest BCUT2D eigenvalue weighted by molar-refractivity contribution is 0.775. The molecule has 1 aliphatic carbocycles. The lowest BCUT2D eigenvalue weighted by Gasteiger charge is -2.09. The number of nitrogens with zero attached hydrogens (tertiary/aromatic N) is 3. The monoisotopic (exact) mass is 318 g/mol. The van der Waals surface area contributed by atoms with Gasteiger partial charge in [0.2, 0.25) is 0 Å². The zero-order valence-electron chi connectivity index (χ0n) is 11.9. The standard InChI is InChI=1S/C15H15ClN4S/c1-8-12(15(17-2)21-19-8)14-18-11-5-3-4-10(16)13(11)20(14)9-6-7-9/h3-5,9,17H,6-7H2,1-2H3. The van der Waals surface area contributed by atoms with Crippen LogP contribution in [0.4, 0.5) is 5.00 Å². The minimum atomic E-state index is 0.508. The van der Waals surface area contributed by atoms with Crippen molar-refractivity contribution in [3.05, 3.63) is 28.9 Å². The highest BCUT2D eigenvalue weighted by Crippen LogP contribution is 2.45. The van der Waals surface area contributed by atoms with Gasteiger partial charge in [0.05, 0.1) is 27.3 Å². The van der Waals surface area contributed by atoms with Gasteiger partial charge in [0, 0.05) is 13.1 Å². The van der Waals surface area contributed by atoms with Gasteiger partial charge >= 0.3 is 0 Å². The molecule has 0 radical (unpaired) electrons. The number of hydrogen-bond acceptors (Lipinski definition) is 4. The van der Waals surface area contributed by atoms with E-state index >= 15 is 0 Å². The molecule has 0 aliphatic heterocycles. The first-order chi connectivity index (χ1) is 10.2. The van der Waals surface area contributed by atoms with Gasteiger partial charge < -0.3 is 9.88 Å². The van der Waals surface area contributed by atoms with Gasteiger partial charge in [-0.2, -0.15) is 4.37 Å². The fourth-order valence-electron chi connectivity index (χ4n) is 2.77. The number of fused-ring (bicyclic) bond motifs is 1. The summed E-state index contributed by atoms with van der Waals surface area (Å²) in [5.74, 6) is 0.983. The van der Waals surface area contributed by atoms with Crippen LogP contribution in [0.25, 0.3) is 22.4 Å². The quantitative estimate of drug-likeness (QED) is 0.773. The molecular formula is C15H15ClN4S. The van der Waals surface area contributed by atoms with Gasteiger partial charge in [0.15, 0.2) is 0 Å². The number of anilines is 1. The summed E-state index contributed by atoms with van der Waals surface area (Å²) in [6, 6.07) is 6.43. The molecule has 0 amide bonds. The van der Waals surface area contributed by atoms with Crippen LogP contribution in [0.5, 0.6) is 0 Å². The Morgan fingerprint density at radius 3 is 2.90 bits per heavy atom. The maximum absolute atomic E-state index is 6.43. The largest absolute Gasteiger partial charge is 0.378 e. The summed E-state index contributed by atoms with van der Waals surface area (Å²) in [6.45, 7) is 2.03. The maximum Gasteiger partial charge on any atom is 0.146 e. The Hall–Kier alpha value is -1.59. The smallest absolute Gasteiger partial charge is 0.146 e. The fourth-order valence-corrected chi connectivity index (χ4v) is 3.78. The number of halogens is 1. The Labute approximate surface area is 131 Å². The number of rotatable bonds is 3. The minimum absolute atomic E-state index is 0.508. The maximum atomic E-state index is 6.43. The van der Waals surface area contributed by atoms with Crippen LogP contribution in [0.3, 0.4) is 0 Å². The summed E-state index contributed by atoms with van der Waals surface area (Å²) in [6.07, 6.45) is 2.38. The summed E-state index contributed by atoms with van der Waals surface area (Å²) in [4.78, 5) is 4.85. The van der Waals surface area contributed by atoms with E-state index in [2.05, 4.69) is 14.3 Å². The molecule has 1 fully saturated rings. The number of para-hydroxylation sites is 1. The summed E-state index contributed by atoms with van der Waals surface area (Å²) >= 11 is 7.91. The van der Waals surface area contributed by atoms with Crippen LogP contribution in [0, 0.1) is 6.92 Å². The normalized spacial score (nSPS) is 14.8. The van der Waals surface area contributed by atoms with Gasteiger partial charge in [0.1, 0.15) is 10.8 Å². The SMILES string of the molecule is CNc1snc(C)c1-c1nc2cccc(Cl)c2n1C1CC1. The first-order valence-electron chi connectivity index (χ1n) is 7.01. The molecule has 1 aromatic carbocycles. The van der Waals surface area contributed by atoms with Crippen LogP contribution in [-0.4, -0.2) is 21.0 Å². The molecule has 0 spiro atoms. The Morgan fingerprint density at radius 1 is 1.38 bits per heavy atom. The molecule has 3 aromatic rings. The zero-order chi connectivity index (χ0) is 14.6. The summed E-state index contributed by atoms with van der Waals surface area (Å²) < 4.78 is 6.77. The van der Waals surface area contributed by atoms with Crippen molar-refractivity contribution in [1.82, 2.24) is 13.9 Å². The van der Waals surface area contributed by atoms with E-state index in [1.165, 1.54) is 24.4 Å². The van der Waals surface area contributed by atoms with Crippen LogP contribution >= 0.6 is 23.1 Å². The van der Waals surface area contributed by atoms with Gasteiger partial charge in [-0.25, -0.2) is 4.98 Å². The predicted octanol–water partition coefficient (Wildman–Crippen LogP) is 4.50. The zero-order valence-corrected chi connectivity index (χ0v) is 13.4. The highest BCUT2D eigenvalue weighted by atomic mass is 35.5. The molecule has 2 heterocycles. The van der Waals surface area contributed by atoms with E-state index in [1.807, 2.05) is 32.2 Å². The molecule has 1 N–H and O–H groups in total. The first-order valence-corrected chi connectivity index (χ1v) is 8.16. The van der Waals surface area contributed by atoms with Gasteiger partial charge in [-0.3, -0.25) is 0 Å². The molecule has 0 bridgehead atoms. The third-order valence-electron chi connectivity index (χ3n) is 3.89. The highest BCUT2D eigenvalue weighted by molar-refractivity contribution is 7.10. The van der Waals surface area contributed by atoms with Crippen LogP contribution < -0.4 is 5.32 Å². The second-order valence-electron chi connectivity index (χ2n) is 5.37.